The molecule has 1 N–H and O–H groups in total. The van der Waals surface area contributed by atoms with Crippen LogP contribution in [0.1, 0.15) is 105 Å². The quantitative estimate of drug-likeness (QED) is 0.523. The van der Waals surface area contributed by atoms with Crippen LogP contribution in [0.3, 0.4) is 0 Å². The summed E-state index contributed by atoms with van der Waals surface area (Å²) in [6.07, 6.45) is 15.3. The van der Waals surface area contributed by atoms with Gasteiger partial charge in [-0.1, -0.05) is 47.5 Å². The van der Waals surface area contributed by atoms with Gasteiger partial charge in [-0.3, -0.25) is 0 Å². The van der Waals surface area contributed by atoms with Gasteiger partial charge in [0, 0.05) is 0 Å². The van der Waals surface area contributed by atoms with Crippen LogP contribution in [-0.4, -0.2) is 11.2 Å². The molecular formula is C27H48O. The first-order chi connectivity index (χ1) is 13.3. The van der Waals surface area contributed by atoms with E-state index in [2.05, 4.69) is 34.6 Å². The molecule has 4 saturated carbocycles. The van der Waals surface area contributed by atoms with Crippen molar-refractivity contribution in [1.29, 1.82) is 0 Å². The highest BCUT2D eigenvalue weighted by atomic mass is 16.3. The van der Waals surface area contributed by atoms with E-state index < -0.39 is 0 Å². The van der Waals surface area contributed by atoms with Crippen LogP contribution >= 0.6 is 0 Å². The summed E-state index contributed by atoms with van der Waals surface area (Å²) < 4.78 is 0. The fraction of sp³-hybridized carbons (Fsp3) is 1.00. The van der Waals surface area contributed by atoms with Crippen molar-refractivity contribution in [3.8, 4) is 0 Å². The van der Waals surface area contributed by atoms with Crippen molar-refractivity contribution >= 4 is 0 Å². The Bertz CT molecular complexity index is 526. The van der Waals surface area contributed by atoms with Crippen LogP contribution in [0.2, 0.25) is 0 Å². The molecule has 1 nitrogen and oxygen atoms in total. The van der Waals surface area contributed by atoms with Gasteiger partial charge >= 0.3 is 0 Å². The van der Waals surface area contributed by atoms with Crippen LogP contribution in [0.25, 0.3) is 0 Å². The van der Waals surface area contributed by atoms with E-state index in [9.17, 15) is 5.11 Å². The largest absolute Gasteiger partial charge is 0.393 e. The molecule has 28 heavy (non-hydrogen) atoms. The van der Waals surface area contributed by atoms with Crippen molar-refractivity contribution in [2.75, 3.05) is 0 Å². The van der Waals surface area contributed by atoms with Crippen LogP contribution in [0.15, 0.2) is 0 Å². The maximum atomic E-state index is 10.2. The Morgan fingerprint density at radius 2 is 1.57 bits per heavy atom. The lowest BCUT2D eigenvalue weighted by molar-refractivity contribution is -0.0823. The van der Waals surface area contributed by atoms with Gasteiger partial charge in [-0.15, -0.1) is 0 Å². The van der Waals surface area contributed by atoms with Crippen molar-refractivity contribution in [1.82, 2.24) is 0 Å². The third-order valence-corrected chi connectivity index (χ3v) is 10.9. The lowest BCUT2D eigenvalue weighted by Gasteiger charge is -2.56. The lowest BCUT2D eigenvalue weighted by Crippen LogP contribution is -2.49. The van der Waals surface area contributed by atoms with Crippen LogP contribution in [-0.2, 0) is 0 Å². The smallest absolute Gasteiger partial charge is 0.0543 e. The van der Waals surface area contributed by atoms with E-state index in [4.69, 9.17) is 0 Å². The first-order valence-electron chi connectivity index (χ1n) is 13.0. The van der Waals surface area contributed by atoms with Crippen molar-refractivity contribution in [3.05, 3.63) is 0 Å². The number of hydrogen-bond donors (Lipinski definition) is 1. The number of aliphatic hydroxyl groups excluding tert-OH is 1. The van der Waals surface area contributed by atoms with E-state index in [1.54, 1.807) is 0 Å². The maximum absolute atomic E-state index is 10.2. The van der Waals surface area contributed by atoms with Gasteiger partial charge < -0.3 is 5.11 Å². The standard InChI is InChI=1S/C27H48O/c1-17(2)18(3)6-7-19(4)25-12-13-26-24-10-8-20-16-21(28)9-11-22(20)23(24)14-15-27(25,26)5/h17-26,28H,6-16H2,1-5H3/t18-,19-,20+,21+,22+,23-,24-,25-,26+,27-/m1/s1. The molecule has 162 valence electrons. The second kappa shape index (κ2) is 8.24. The van der Waals surface area contributed by atoms with Gasteiger partial charge in [-0.05, 0) is 116 Å². The molecule has 0 radical (unpaired) electrons. The fourth-order valence-corrected chi connectivity index (χ4v) is 8.86. The second-order valence-electron chi connectivity index (χ2n) is 12.4. The topological polar surface area (TPSA) is 20.2 Å². The highest BCUT2D eigenvalue weighted by Gasteiger charge is 2.57. The van der Waals surface area contributed by atoms with E-state index in [0.717, 1.165) is 66.1 Å². The highest BCUT2D eigenvalue weighted by molar-refractivity contribution is 5.06. The van der Waals surface area contributed by atoms with Crippen LogP contribution in [0, 0.1) is 58.7 Å². The number of fused-ring (bicyclic) bond motifs is 5. The Morgan fingerprint density at radius 3 is 2.32 bits per heavy atom. The maximum Gasteiger partial charge on any atom is 0.0543 e. The number of aliphatic hydroxyl groups is 1. The Balaban J connectivity index is 1.42. The second-order valence-corrected chi connectivity index (χ2v) is 12.4. The fourth-order valence-electron chi connectivity index (χ4n) is 8.86. The Kier molecular flexibility index (Phi) is 6.24. The minimum absolute atomic E-state index is 0.0107. The molecule has 0 saturated heterocycles. The summed E-state index contributed by atoms with van der Waals surface area (Å²) in [7, 11) is 0. The molecule has 0 bridgehead atoms. The summed E-state index contributed by atoms with van der Waals surface area (Å²) >= 11 is 0. The van der Waals surface area contributed by atoms with Gasteiger partial charge in [0.05, 0.1) is 6.10 Å². The highest BCUT2D eigenvalue weighted by Crippen LogP contribution is 2.65. The van der Waals surface area contributed by atoms with Gasteiger partial charge in [0.1, 0.15) is 0 Å². The third-order valence-electron chi connectivity index (χ3n) is 10.9. The first-order valence-corrected chi connectivity index (χ1v) is 13.0. The zero-order chi connectivity index (χ0) is 20.1. The molecule has 4 aliphatic rings. The minimum atomic E-state index is 0.0107. The average Bonchev–Trinajstić information content (AvgIpc) is 3.02. The van der Waals surface area contributed by atoms with E-state index in [-0.39, 0.29) is 6.10 Å². The zero-order valence-electron chi connectivity index (χ0n) is 19.5. The van der Waals surface area contributed by atoms with E-state index in [1.165, 1.54) is 57.8 Å². The summed E-state index contributed by atoms with van der Waals surface area (Å²) in [4.78, 5) is 0. The van der Waals surface area contributed by atoms with E-state index in [1.807, 2.05) is 0 Å². The summed E-state index contributed by atoms with van der Waals surface area (Å²) in [6.45, 7) is 12.6. The minimum Gasteiger partial charge on any atom is -0.393 e. The van der Waals surface area contributed by atoms with Gasteiger partial charge in [0.2, 0.25) is 0 Å². The van der Waals surface area contributed by atoms with Gasteiger partial charge in [-0.25, -0.2) is 0 Å². The van der Waals surface area contributed by atoms with Crippen molar-refractivity contribution < 1.29 is 5.11 Å². The molecule has 0 aliphatic heterocycles. The molecule has 0 spiro atoms. The van der Waals surface area contributed by atoms with Gasteiger partial charge in [0.25, 0.3) is 0 Å². The van der Waals surface area contributed by atoms with Crippen LogP contribution < -0.4 is 0 Å². The van der Waals surface area contributed by atoms with E-state index >= 15 is 0 Å². The van der Waals surface area contributed by atoms with Crippen molar-refractivity contribution in [3.63, 3.8) is 0 Å². The van der Waals surface area contributed by atoms with Crippen molar-refractivity contribution in [2.45, 2.75) is 111 Å². The summed E-state index contributed by atoms with van der Waals surface area (Å²) in [5.41, 5.74) is 0.628. The average molecular weight is 389 g/mol. The van der Waals surface area contributed by atoms with Crippen molar-refractivity contribution in [2.24, 2.45) is 58.7 Å². The molecule has 4 fully saturated rings. The first kappa shape index (κ1) is 21.2. The van der Waals surface area contributed by atoms with Gasteiger partial charge in [-0.2, -0.15) is 0 Å². The monoisotopic (exact) mass is 388 g/mol. The zero-order valence-corrected chi connectivity index (χ0v) is 19.5. The molecule has 4 rings (SSSR count). The molecule has 0 aromatic rings. The molecule has 4 aliphatic carbocycles. The SMILES string of the molecule is CC(C)[C@H](C)CC[C@@H](C)[C@H]1CC[C@H]2[C@@H]3CC[C@H]4C[C@@H](O)CC[C@@H]4[C@H]3CC[C@]12C. The molecule has 0 heterocycles. The van der Waals surface area contributed by atoms with Crippen LogP contribution in [0.5, 0.6) is 0 Å². The predicted molar refractivity (Wildman–Crippen MR) is 119 cm³/mol. The Hall–Kier alpha value is -0.0400. The molecule has 0 aromatic carbocycles. The van der Waals surface area contributed by atoms with Crippen LogP contribution in [0.4, 0.5) is 0 Å². The summed E-state index contributed by atoms with van der Waals surface area (Å²) in [6, 6.07) is 0. The van der Waals surface area contributed by atoms with Gasteiger partial charge in [0.15, 0.2) is 0 Å². The molecular weight excluding hydrogens is 340 g/mol. The number of hydrogen-bond acceptors (Lipinski definition) is 1. The van der Waals surface area contributed by atoms with E-state index in [0.29, 0.717) is 5.41 Å². The Morgan fingerprint density at radius 1 is 0.821 bits per heavy atom. The number of rotatable bonds is 5. The molecule has 0 unspecified atom stereocenters. The predicted octanol–water partition coefficient (Wildman–Crippen LogP) is 7.32. The molecule has 10 atom stereocenters. The summed E-state index contributed by atoms with van der Waals surface area (Å²) in [5.74, 6) is 8.42. The summed E-state index contributed by atoms with van der Waals surface area (Å²) in [5, 5.41) is 10.2. The lowest BCUT2D eigenvalue weighted by atomic mass is 9.49. The third kappa shape index (κ3) is 3.72. The molecule has 0 aromatic heterocycles. The normalized spacial score (nSPS) is 47.9. The molecule has 1 heteroatoms. The Labute approximate surface area is 175 Å². The molecule has 0 amide bonds.